The first kappa shape index (κ1) is 18.5. The maximum atomic E-state index is 10.9. The predicted molar refractivity (Wildman–Crippen MR) is 89.5 cm³/mol. The highest BCUT2D eigenvalue weighted by Crippen LogP contribution is 2.18. The van der Waals surface area contributed by atoms with Gasteiger partial charge in [-0.1, -0.05) is 48.5 Å². The lowest BCUT2D eigenvalue weighted by molar-refractivity contribution is -0.385. The van der Waals surface area contributed by atoms with Crippen molar-refractivity contribution < 1.29 is 19.2 Å². The molecule has 8 heteroatoms. The first-order valence-electron chi connectivity index (χ1n) is 7.64. The molecule has 0 saturated heterocycles. The molecule has 0 radical (unpaired) electrons. The van der Waals surface area contributed by atoms with Crippen LogP contribution in [0.5, 0.6) is 0 Å². The monoisotopic (exact) mass is 346 g/mol. The minimum absolute atomic E-state index is 0.0147. The highest BCUT2D eigenvalue weighted by Gasteiger charge is 2.14. The molecule has 0 bridgehead atoms. The van der Waals surface area contributed by atoms with Gasteiger partial charge in [-0.25, -0.2) is 0 Å². The van der Waals surface area contributed by atoms with Gasteiger partial charge in [0.1, 0.15) is 6.61 Å². The molecule has 0 saturated carbocycles. The van der Waals surface area contributed by atoms with Crippen LogP contribution < -0.4 is 0 Å². The average molecular weight is 346 g/mol. The molecule has 1 atom stereocenters. The summed E-state index contributed by atoms with van der Waals surface area (Å²) in [5.41, 5.74) is 1.54. The molecule has 0 aliphatic carbocycles. The minimum atomic E-state index is -0.941. The van der Waals surface area contributed by atoms with E-state index in [0.29, 0.717) is 12.0 Å². The Morgan fingerprint density at radius 1 is 1.08 bits per heavy atom. The van der Waals surface area contributed by atoms with Gasteiger partial charge in [0.05, 0.1) is 18.1 Å². The maximum Gasteiger partial charge on any atom is 0.272 e. The van der Waals surface area contributed by atoms with Crippen molar-refractivity contribution >= 4 is 5.69 Å². The fraction of sp³-hybridized carbons (Fsp3) is 0.294. The van der Waals surface area contributed by atoms with Crippen LogP contribution in [0.25, 0.3) is 0 Å². The van der Waals surface area contributed by atoms with Crippen molar-refractivity contribution in [1.82, 2.24) is 0 Å². The smallest absolute Gasteiger partial charge is 0.272 e. The van der Waals surface area contributed by atoms with Crippen LogP contribution in [0, 0.1) is 15.0 Å². The van der Waals surface area contributed by atoms with Crippen molar-refractivity contribution in [3.8, 4) is 0 Å². The second kappa shape index (κ2) is 10.1. The van der Waals surface area contributed by atoms with Gasteiger partial charge in [0.25, 0.3) is 12.0 Å². The Hall–Kier alpha value is -2.84. The van der Waals surface area contributed by atoms with E-state index >= 15 is 0 Å². The lowest BCUT2D eigenvalue weighted by Crippen LogP contribution is -2.22. The van der Waals surface area contributed by atoms with E-state index in [1.807, 2.05) is 30.3 Å². The largest absolute Gasteiger partial charge is 0.374 e. The highest BCUT2D eigenvalue weighted by atomic mass is 16.8. The van der Waals surface area contributed by atoms with E-state index in [1.165, 1.54) is 6.07 Å². The number of nitro groups is 1. The molecular weight excluding hydrogens is 328 g/mol. The van der Waals surface area contributed by atoms with E-state index in [2.05, 4.69) is 10.2 Å². The van der Waals surface area contributed by atoms with Crippen molar-refractivity contribution in [2.45, 2.75) is 19.3 Å². The first-order valence-corrected chi connectivity index (χ1v) is 7.64. The van der Waals surface area contributed by atoms with Crippen LogP contribution in [0.2, 0.25) is 0 Å². The number of hydrogen-bond donors (Lipinski definition) is 0. The number of para-hydroxylation sites is 1. The summed E-state index contributed by atoms with van der Waals surface area (Å²) in [5, 5.41) is 13.3. The van der Waals surface area contributed by atoms with Crippen LogP contribution >= 0.6 is 0 Å². The minimum Gasteiger partial charge on any atom is -0.374 e. The number of nitro benzene ring substituents is 1. The SMILES string of the molecule is O=NOC(COCCc1ccccc1[N+](=O)[O-])OCc1ccccc1. The summed E-state index contributed by atoms with van der Waals surface area (Å²) in [6.07, 6.45) is -0.583. The predicted octanol–water partition coefficient (Wildman–Crippen LogP) is 3.39. The molecule has 2 aromatic rings. The fourth-order valence-corrected chi connectivity index (χ4v) is 2.18. The van der Waals surface area contributed by atoms with Gasteiger partial charge >= 0.3 is 0 Å². The molecule has 0 fully saturated rings. The molecule has 0 N–H and O–H groups in total. The van der Waals surface area contributed by atoms with E-state index in [4.69, 9.17) is 9.47 Å². The highest BCUT2D eigenvalue weighted by molar-refractivity contribution is 5.39. The van der Waals surface area contributed by atoms with Gasteiger partial charge in [0.15, 0.2) is 5.34 Å². The number of rotatable bonds is 11. The van der Waals surface area contributed by atoms with E-state index in [1.54, 1.807) is 18.2 Å². The van der Waals surface area contributed by atoms with E-state index in [0.717, 1.165) is 5.56 Å². The summed E-state index contributed by atoms with van der Waals surface area (Å²) in [7, 11) is 0. The number of hydrogen-bond acceptors (Lipinski definition) is 7. The Kier molecular flexibility index (Phi) is 7.48. The van der Waals surface area contributed by atoms with Crippen LogP contribution in [0.4, 0.5) is 5.69 Å². The summed E-state index contributed by atoms with van der Waals surface area (Å²) >= 11 is 0. The Balaban J connectivity index is 1.77. The van der Waals surface area contributed by atoms with E-state index in [9.17, 15) is 15.0 Å². The standard InChI is InChI=1S/C17H18N2O6/c20-18-25-17(24-12-14-6-2-1-3-7-14)13-23-11-10-15-8-4-5-9-16(15)19(21)22/h1-9,17H,10-13H2. The van der Waals surface area contributed by atoms with Gasteiger partial charge in [-0.15, -0.1) is 4.91 Å². The number of nitrogens with zero attached hydrogens (tertiary/aromatic N) is 2. The molecule has 25 heavy (non-hydrogen) atoms. The molecular formula is C17H18N2O6. The summed E-state index contributed by atoms with van der Waals surface area (Å²) in [4.78, 5) is 25.4. The Morgan fingerprint density at radius 3 is 2.52 bits per heavy atom. The van der Waals surface area contributed by atoms with Crippen molar-refractivity contribution in [3.05, 3.63) is 80.7 Å². The molecule has 0 aliphatic rings. The third-order valence-corrected chi connectivity index (χ3v) is 3.40. The number of ether oxygens (including phenoxy) is 2. The molecule has 0 spiro atoms. The van der Waals surface area contributed by atoms with Crippen LogP contribution in [-0.2, 0) is 27.3 Å². The average Bonchev–Trinajstić information content (AvgIpc) is 2.64. The molecule has 0 amide bonds. The van der Waals surface area contributed by atoms with Crippen LogP contribution in [0.15, 0.2) is 59.9 Å². The molecule has 0 aliphatic heterocycles. The summed E-state index contributed by atoms with van der Waals surface area (Å²) in [6, 6.07) is 15.8. The zero-order valence-corrected chi connectivity index (χ0v) is 13.4. The molecule has 8 nitrogen and oxygen atoms in total. The second-order valence-electron chi connectivity index (χ2n) is 5.12. The topological polar surface area (TPSA) is 100 Å². The van der Waals surface area contributed by atoms with Gasteiger partial charge in [0.2, 0.25) is 0 Å². The summed E-state index contributed by atoms with van der Waals surface area (Å²) in [5.74, 6) is 0. The summed E-state index contributed by atoms with van der Waals surface area (Å²) in [6.45, 7) is 0.450. The van der Waals surface area contributed by atoms with Gasteiger partial charge in [-0.2, -0.15) is 0 Å². The third-order valence-electron chi connectivity index (χ3n) is 3.40. The van der Waals surface area contributed by atoms with Crippen LogP contribution in [0.1, 0.15) is 11.1 Å². The normalized spacial score (nSPS) is 11.7. The molecule has 2 aromatic carbocycles. The molecule has 2 rings (SSSR count). The molecule has 132 valence electrons. The molecule has 0 aromatic heterocycles. The lowest BCUT2D eigenvalue weighted by atomic mass is 10.1. The number of benzene rings is 2. The fourth-order valence-electron chi connectivity index (χ4n) is 2.18. The summed E-state index contributed by atoms with van der Waals surface area (Å²) < 4.78 is 10.8. The van der Waals surface area contributed by atoms with Gasteiger partial charge in [-0.3, -0.25) is 10.1 Å². The van der Waals surface area contributed by atoms with Gasteiger partial charge in [0, 0.05) is 18.1 Å². The second-order valence-corrected chi connectivity index (χ2v) is 5.12. The first-order chi connectivity index (χ1) is 12.2. The van der Waals surface area contributed by atoms with Gasteiger partial charge in [-0.05, 0) is 5.56 Å². The molecule has 1 unspecified atom stereocenters. The van der Waals surface area contributed by atoms with Crippen molar-refractivity contribution in [3.63, 3.8) is 0 Å². The quantitative estimate of drug-likeness (QED) is 0.203. The van der Waals surface area contributed by atoms with Crippen LogP contribution in [-0.4, -0.2) is 24.4 Å². The Bertz CT molecular complexity index is 680. The van der Waals surface area contributed by atoms with Crippen LogP contribution in [0.3, 0.4) is 0 Å². The van der Waals surface area contributed by atoms with Gasteiger partial charge < -0.3 is 14.3 Å². The zero-order valence-electron chi connectivity index (χ0n) is 13.4. The Labute approximate surface area is 144 Å². The zero-order chi connectivity index (χ0) is 17.9. The van der Waals surface area contributed by atoms with Crippen molar-refractivity contribution in [1.29, 1.82) is 0 Å². The van der Waals surface area contributed by atoms with Crippen molar-refractivity contribution in [2.24, 2.45) is 5.34 Å². The lowest BCUT2D eigenvalue weighted by Gasteiger charge is -2.14. The maximum absolute atomic E-state index is 10.9. The van der Waals surface area contributed by atoms with E-state index < -0.39 is 11.2 Å². The molecule has 0 heterocycles. The van der Waals surface area contributed by atoms with Crippen molar-refractivity contribution in [2.75, 3.05) is 13.2 Å². The van der Waals surface area contributed by atoms with E-state index in [-0.39, 0.29) is 25.5 Å². The third kappa shape index (κ3) is 6.28. The Morgan fingerprint density at radius 2 is 1.80 bits per heavy atom.